The highest BCUT2D eigenvalue weighted by atomic mass is 32.2. The van der Waals surface area contributed by atoms with Gasteiger partial charge in [-0.15, -0.1) is 0 Å². The second-order valence-electron chi connectivity index (χ2n) is 6.22. The van der Waals surface area contributed by atoms with Crippen molar-refractivity contribution in [1.29, 1.82) is 0 Å². The molecule has 2 aromatic heterocycles. The first-order valence-electron chi connectivity index (χ1n) is 8.46. The third kappa shape index (κ3) is 3.43. The highest BCUT2D eigenvalue weighted by Crippen LogP contribution is 2.31. The van der Waals surface area contributed by atoms with E-state index in [4.69, 9.17) is 9.26 Å². The van der Waals surface area contributed by atoms with Crippen LogP contribution in [0.3, 0.4) is 0 Å². The summed E-state index contributed by atoms with van der Waals surface area (Å²) >= 11 is 0. The first kappa shape index (κ1) is 17.6. The monoisotopic (exact) mass is 386 g/mol. The van der Waals surface area contributed by atoms with E-state index in [1.807, 2.05) is 0 Å². The van der Waals surface area contributed by atoms with Crippen molar-refractivity contribution < 1.29 is 17.7 Å². The van der Waals surface area contributed by atoms with Crippen molar-refractivity contribution in [1.82, 2.24) is 19.4 Å². The molecule has 27 heavy (non-hydrogen) atoms. The number of nitrogens with zero attached hydrogens (tertiary/aromatic N) is 4. The first-order valence-corrected chi connectivity index (χ1v) is 9.90. The van der Waals surface area contributed by atoms with E-state index < -0.39 is 10.0 Å². The summed E-state index contributed by atoms with van der Waals surface area (Å²) < 4.78 is 37.6. The molecule has 1 saturated heterocycles. The van der Waals surface area contributed by atoms with Gasteiger partial charge in [0.2, 0.25) is 10.0 Å². The van der Waals surface area contributed by atoms with Crippen molar-refractivity contribution >= 4 is 10.0 Å². The summed E-state index contributed by atoms with van der Waals surface area (Å²) in [4.78, 5) is 8.64. The summed E-state index contributed by atoms with van der Waals surface area (Å²) in [6.45, 7) is 0.738. The average molecular weight is 386 g/mol. The molecule has 1 aliphatic heterocycles. The molecule has 0 amide bonds. The SMILES string of the molecule is COc1ccc(S(=O)(=O)N2CCC(c3noc(-c4ccncc4)n3)C2)cc1. The number of benzene rings is 1. The van der Waals surface area contributed by atoms with E-state index >= 15 is 0 Å². The summed E-state index contributed by atoms with van der Waals surface area (Å²) in [6.07, 6.45) is 3.95. The van der Waals surface area contributed by atoms with Crippen LogP contribution in [-0.4, -0.2) is 48.0 Å². The van der Waals surface area contributed by atoms with E-state index in [2.05, 4.69) is 15.1 Å². The van der Waals surface area contributed by atoms with E-state index in [0.717, 1.165) is 5.56 Å². The zero-order valence-corrected chi connectivity index (χ0v) is 15.5. The molecule has 4 rings (SSSR count). The van der Waals surface area contributed by atoms with Gasteiger partial charge in [0.05, 0.1) is 12.0 Å². The van der Waals surface area contributed by atoms with Crippen molar-refractivity contribution in [2.45, 2.75) is 17.2 Å². The molecule has 0 N–H and O–H groups in total. The fourth-order valence-corrected chi connectivity index (χ4v) is 4.57. The number of pyridine rings is 1. The van der Waals surface area contributed by atoms with Crippen LogP contribution in [0.4, 0.5) is 0 Å². The van der Waals surface area contributed by atoms with Gasteiger partial charge in [-0.3, -0.25) is 4.98 Å². The Morgan fingerprint density at radius 1 is 1.15 bits per heavy atom. The minimum Gasteiger partial charge on any atom is -0.497 e. The highest BCUT2D eigenvalue weighted by Gasteiger charge is 2.35. The number of sulfonamides is 1. The molecular weight excluding hydrogens is 368 g/mol. The lowest BCUT2D eigenvalue weighted by Gasteiger charge is -2.16. The lowest BCUT2D eigenvalue weighted by Crippen LogP contribution is -2.28. The van der Waals surface area contributed by atoms with E-state index in [1.165, 1.54) is 4.31 Å². The molecule has 1 atom stereocenters. The molecule has 3 heterocycles. The van der Waals surface area contributed by atoms with Gasteiger partial charge < -0.3 is 9.26 Å². The topological polar surface area (TPSA) is 98.4 Å². The van der Waals surface area contributed by atoms with Crippen LogP contribution in [0.15, 0.2) is 58.2 Å². The van der Waals surface area contributed by atoms with Gasteiger partial charge in [-0.25, -0.2) is 8.42 Å². The second kappa shape index (κ2) is 7.09. The molecule has 0 spiro atoms. The Morgan fingerprint density at radius 3 is 2.59 bits per heavy atom. The van der Waals surface area contributed by atoms with Gasteiger partial charge in [0.15, 0.2) is 5.82 Å². The predicted molar refractivity (Wildman–Crippen MR) is 96.6 cm³/mol. The summed E-state index contributed by atoms with van der Waals surface area (Å²) in [6, 6.07) is 9.95. The van der Waals surface area contributed by atoms with Gasteiger partial charge in [-0.05, 0) is 42.8 Å². The average Bonchev–Trinajstić information content (AvgIpc) is 3.38. The standard InChI is InChI=1S/C18H18N4O4S/c1-25-15-2-4-16(5-3-15)27(23,24)22-11-8-14(12-22)17-20-18(26-21-17)13-6-9-19-10-7-13/h2-7,9-10,14H,8,11-12H2,1H3. The van der Waals surface area contributed by atoms with Crippen molar-refractivity contribution in [3.8, 4) is 17.2 Å². The predicted octanol–water partition coefficient (Wildman–Crippen LogP) is 2.32. The maximum atomic E-state index is 12.9. The van der Waals surface area contributed by atoms with Crippen molar-refractivity contribution in [2.75, 3.05) is 20.2 Å². The molecule has 0 radical (unpaired) electrons. The van der Waals surface area contributed by atoms with Crippen LogP contribution in [-0.2, 0) is 10.0 Å². The Balaban J connectivity index is 1.50. The van der Waals surface area contributed by atoms with E-state index in [9.17, 15) is 8.42 Å². The summed E-state index contributed by atoms with van der Waals surface area (Å²) in [5, 5.41) is 4.04. The minimum absolute atomic E-state index is 0.0997. The molecule has 140 valence electrons. The quantitative estimate of drug-likeness (QED) is 0.663. The maximum absolute atomic E-state index is 12.9. The normalized spacial score (nSPS) is 17.9. The zero-order chi connectivity index (χ0) is 18.9. The third-order valence-corrected chi connectivity index (χ3v) is 6.46. The largest absolute Gasteiger partial charge is 0.497 e. The van der Waals surface area contributed by atoms with Gasteiger partial charge in [0.1, 0.15) is 5.75 Å². The maximum Gasteiger partial charge on any atom is 0.258 e. The molecule has 1 aliphatic rings. The molecule has 3 aromatic rings. The van der Waals surface area contributed by atoms with Gasteiger partial charge >= 0.3 is 0 Å². The molecule has 1 fully saturated rings. The number of rotatable bonds is 5. The summed E-state index contributed by atoms with van der Waals surface area (Å²) in [7, 11) is -2.03. The van der Waals surface area contributed by atoms with Crippen molar-refractivity contribution in [3.63, 3.8) is 0 Å². The molecule has 9 heteroatoms. The number of aromatic nitrogens is 3. The summed E-state index contributed by atoms with van der Waals surface area (Å²) in [5.74, 6) is 1.44. The number of ether oxygens (including phenoxy) is 1. The van der Waals surface area contributed by atoms with Crippen molar-refractivity contribution in [2.24, 2.45) is 0 Å². The van der Waals surface area contributed by atoms with Gasteiger partial charge in [0.25, 0.3) is 5.89 Å². The molecule has 1 aromatic carbocycles. The number of hydrogen-bond acceptors (Lipinski definition) is 7. The van der Waals surface area contributed by atoms with Crippen LogP contribution in [0.2, 0.25) is 0 Å². The molecule has 0 saturated carbocycles. The number of hydrogen-bond donors (Lipinski definition) is 0. The highest BCUT2D eigenvalue weighted by molar-refractivity contribution is 7.89. The van der Waals surface area contributed by atoms with E-state index in [-0.39, 0.29) is 10.8 Å². The van der Waals surface area contributed by atoms with Gasteiger partial charge in [0, 0.05) is 37.0 Å². The van der Waals surface area contributed by atoms with Gasteiger partial charge in [-0.2, -0.15) is 9.29 Å². The molecule has 1 unspecified atom stereocenters. The fourth-order valence-electron chi connectivity index (χ4n) is 3.07. The van der Waals surface area contributed by atoms with Crippen LogP contribution in [0, 0.1) is 0 Å². The van der Waals surface area contributed by atoms with Gasteiger partial charge in [-0.1, -0.05) is 5.16 Å². The zero-order valence-electron chi connectivity index (χ0n) is 14.6. The Hall–Kier alpha value is -2.78. The van der Waals surface area contributed by atoms with Crippen LogP contribution in [0.1, 0.15) is 18.2 Å². The smallest absolute Gasteiger partial charge is 0.258 e. The Morgan fingerprint density at radius 2 is 1.89 bits per heavy atom. The molecule has 8 nitrogen and oxygen atoms in total. The van der Waals surface area contributed by atoms with Crippen LogP contribution in [0.5, 0.6) is 5.75 Å². The van der Waals surface area contributed by atoms with Crippen molar-refractivity contribution in [3.05, 3.63) is 54.6 Å². The van der Waals surface area contributed by atoms with Crippen LogP contribution in [0.25, 0.3) is 11.5 Å². The molecule has 0 bridgehead atoms. The Labute approximate surface area is 156 Å². The lowest BCUT2D eigenvalue weighted by molar-refractivity contribution is 0.413. The Bertz CT molecular complexity index is 1020. The van der Waals surface area contributed by atoms with E-state index in [0.29, 0.717) is 37.0 Å². The molecule has 0 aliphatic carbocycles. The third-order valence-electron chi connectivity index (χ3n) is 4.58. The first-order chi connectivity index (χ1) is 13.1. The van der Waals surface area contributed by atoms with Crippen LogP contribution >= 0.6 is 0 Å². The second-order valence-corrected chi connectivity index (χ2v) is 8.16. The van der Waals surface area contributed by atoms with E-state index in [1.54, 1.807) is 55.9 Å². The Kier molecular flexibility index (Phi) is 4.63. The fraction of sp³-hybridized carbons (Fsp3) is 0.278. The lowest BCUT2D eigenvalue weighted by atomic mass is 10.1. The molecular formula is C18H18N4O4S. The summed E-state index contributed by atoms with van der Waals surface area (Å²) in [5.41, 5.74) is 0.782. The minimum atomic E-state index is -3.57. The number of methoxy groups -OCH3 is 1. The van der Waals surface area contributed by atoms with Crippen LogP contribution < -0.4 is 4.74 Å².